The van der Waals surface area contributed by atoms with Crippen LogP contribution in [0.4, 0.5) is 13.2 Å². The zero-order valence-corrected chi connectivity index (χ0v) is 17.9. The van der Waals surface area contributed by atoms with Crippen molar-refractivity contribution in [1.29, 1.82) is 0 Å². The maximum absolute atomic E-state index is 12.8. The van der Waals surface area contributed by atoms with Crippen molar-refractivity contribution < 1.29 is 32.5 Å². The van der Waals surface area contributed by atoms with Gasteiger partial charge in [0.15, 0.2) is 17.6 Å². The minimum absolute atomic E-state index is 0.246. The van der Waals surface area contributed by atoms with Crippen molar-refractivity contribution >= 4 is 5.91 Å². The van der Waals surface area contributed by atoms with Gasteiger partial charge in [-0.3, -0.25) is 14.6 Å². The molecule has 2 heterocycles. The largest absolute Gasteiger partial charge is 0.486 e. The molecular formula is C23H26F3N3O4. The maximum Gasteiger partial charge on any atom is 0.416 e. The summed E-state index contributed by atoms with van der Waals surface area (Å²) in [5.41, 5.74) is 5.24. The summed E-state index contributed by atoms with van der Waals surface area (Å²) in [6, 6.07) is 11.0. The normalized spacial score (nSPS) is 21.4. The summed E-state index contributed by atoms with van der Waals surface area (Å²) in [6.07, 6.45) is -5.71. The van der Waals surface area contributed by atoms with Crippen molar-refractivity contribution in [2.45, 2.75) is 24.4 Å². The van der Waals surface area contributed by atoms with Crippen molar-refractivity contribution in [1.82, 2.24) is 9.80 Å². The Morgan fingerprint density at radius 2 is 1.70 bits per heavy atom. The smallest absolute Gasteiger partial charge is 0.416 e. The summed E-state index contributed by atoms with van der Waals surface area (Å²) in [6.45, 7) is 2.69. The van der Waals surface area contributed by atoms with Crippen LogP contribution in [-0.2, 0) is 11.0 Å². The van der Waals surface area contributed by atoms with E-state index in [1.165, 1.54) is 12.1 Å². The molecule has 33 heavy (non-hydrogen) atoms. The molecule has 2 aliphatic heterocycles. The lowest BCUT2D eigenvalue weighted by Crippen LogP contribution is -2.54. The SMILES string of the molecule is NC(=O)C(c1ccc(C(F)(F)F)cc1)N1CCN(CC(O)C2COc3ccccc3O2)CC1. The number of amides is 1. The molecule has 3 unspecified atom stereocenters. The number of alkyl halides is 3. The number of halogens is 3. The van der Waals surface area contributed by atoms with Crippen LogP contribution in [0.2, 0.25) is 0 Å². The first-order valence-corrected chi connectivity index (χ1v) is 10.7. The van der Waals surface area contributed by atoms with E-state index in [4.69, 9.17) is 15.2 Å². The van der Waals surface area contributed by atoms with Gasteiger partial charge in [-0.1, -0.05) is 24.3 Å². The fourth-order valence-electron chi connectivity index (χ4n) is 4.22. The van der Waals surface area contributed by atoms with Crippen molar-refractivity contribution in [2.75, 3.05) is 39.3 Å². The molecule has 3 atom stereocenters. The number of carbonyl (C=O) groups excluding carboxylic acids is 1. The van der Waals surface area contributed by atoms with Gasteiger partial charge in [0, 0.05) is 32.7 Å². The number of primary amides is 1. The second-order valence-electron chi connectivity index (χ2n) is 8.24. The number of rotatable bonds is 6. The Kier molecular flexibility index (Phi) is 6.78. The molecule has 1 fully saturated rings. The summed E-state index contributed by atoms with van der Waals surface area (Å²) < 4.78 is 50.1. The number of ether oxygens (including phenoxy) is 2. The zero-order chi connectivity index (χ0) is 23.6. The molecule has 0 radical (unpaired) electrons. The van der Waals surface area contributed by atoms with E-state index < -0.39 is 35.9 Å². The number of piperazine rings is 1. The molecule has 3 N–H and O–H groups in total. The van der Waals surface area contributed by atoms with Gasteiger partial charge in [0.2, 0.25) is 5.91 Å². The minimum Gasteiger partial charge on any atom is -0.486 e. The van der Waals surface area contributed by atoms with Crippen LogP contribution in [0.25, 0.3) is 0 Å². The first-order chi connectivity index (χ1) is 15.7. The van der Waals surface area contributed by atoms with Gasteiger partial charge >= 0.3 is 6.18 Å². The summed E-state index contributed by atoms with van der Waals surface area (Å²) >= 11 is 0. The van der Waals surface area contributed by atoms with Gasteiger partial charge in [0.1, 0.15) is 18.8 Å². The Balaban J connectivity index is 1.33. The van der Waals surface area contributed by atoms with Gasteiger partial charge in [-0.05, 0) is 29.8 Å². The van der Waals surface area contributed by atoms with Gasteiger partial charge in [-0.2, -0.15) is 13.2 Å². The quantitative estimate of drug-likeness (QED) is 0.679. The molecule has 0 saturated carbocycles. The Morgan fingerprint density at radius 3 is 2.30 bits per heavy atom. The van der Waals surface area contributed by atoms with E-state index in [0.29, 0.717) is 49.8 Å². The predicted octanol–water partition coefficient (Wildman–Crippen LogP) is 2.05. The number of aliphatic hydroxyl groups is 1. The van der Waals surface area contributed by atoms with Crippen LogP contribution < -0.4 is 15.2 Å². The average molecular weight is 465 g/mol. The van der Waals surface area contributed by atoms with Crippen LogP contribution >= 0.6 is 0 Å². The Labute approximate surface area is 189 Å². The first kappa shape index (κ1) is 23.3. The number of hydrogen-bond donors (Lipinski definition) is 2. The number of para-hydroxylation sites is 2. The minimum atomic E-state index is -4.44. The van der Waals surface area contributed by atoms with E-state index in [1.54, 1.807) is 6.07 Å². The van der Waals surface area contributed by atoms with Gasteiger partial charge in [0.25, 0.3) is 0 Å². The van der Waals surface area contributed by atoms with Crippen LogP contribution in [0.5, 0.6) is 11.5 Å². The van der Waals surface area contributed by atoms with Crippen LogP contribution in [0.15, 0.2) is 48.5 Å². The van der Waals surface area contributed by atoms with Gasteiger partial charge in [0.05, 0.1) is 5.56 Å². The summed E-state index contributed by atoms with van der Waals surface area (Å²) in [4.78, 5) is 16.0. The van der Waals surface area contributed by atoms with Crippen LogP contribution in [0.1, 0.15) is 17.2 Å². The Morgan fingerprint density at radius 1 is 1.06 bits per heavy atom. The number of fused-ring (bicyclic) bond motifs is 1. The lowest BCUT2D eigenvalue weighted by molar-refractivity contribution is -0.137. The van der Waals surface area contributed by atoms with Gasteiger partial charge in [-0.25, -0.2) is 0 Å². The molecular weight excluding hydrogens is 439 g/mol. The molecule has 178 valence electrons. The number of hydrogen-bond acceptors (Lipinski definition) is 6. The van der Waals surface area contributed by atoms with E-state index >= 15 is 0 Å². The Hall–Kier alpha value is -2.82. The lowest BCUT2D eigenvalue weighted by Gasteiger charge is -2.40. The molecule has 4 rings (SSSR count). The number of benzene rings is 2. The average Bonchev–Trinajstić information content (AvgIpc) is 2.79. The predicted molar refractivity (Wildman–Crippen MR) is 114 cm³/mol. The van der Waals surface area contributed by atoms with Crippen molar-refractivity contribution in [2.24, 2.45) is 5.73 Å². The van der Waals surface area contributed by atoms with Crippen molar-refractivity contribution in [3.05, 3.63) is 59.7 Å². The highest BCUT2D eigenvalue weighted by atomic mass is 19.4. The highest BCUT2D eigenvalue weighted by Gasteiger charge is 2.34. The summed E-state index contributed by atoms with van der Waals surface area (Å²) in [5, 5.41) is 10.7. The monoisotopic (exact) mass is 465 g/mol. The van der Waals surface area contributed by atoms with Crippen LogP contribution in [0, 0.1) is 0 Å². The molecule has 0 aliphatic carbocycles. The fraction of sp³-hybridized carbons (Fsp3) is 0.435. The Bertz CT molecular complexity index is 962. The van der Waals surface area contributed by atoms with Crippen LogP contribution in [0.3, 0.4) is 0 Å². The molecule has 2 aliphatic rings. The third kappa shape index (κ3) is 5.40. The molecule has 10 heteroatoms. The van der Waals surface area contributed by atoms with E-state index in [1.807, 2.05) is 23.1 Å². The van der Waals surface area contributed by atoms with Crippen molar-refractivity contribution in [3.63, 3.8) is 0 Å². The van der Waals surface area contributed by atoms with E-state index in [-0.39, 0.29) is 6.61 Å². The highest BCUT2D eigenvalue weighted by Crippen LogP contribution is 2.33. The molecule has 2 aromatic rings. The number of β-amino-alcohol motifs (C(OH)–C–C–N with tert-alkyl or cyclic N) is 1. The van der Waals surface area contributed by atoms with Gasteiger partial charge in [-0.15, -0.1) is 0 Å². The van der Waals surface area contributed by atoms with Gasteiger partial charge < -0.3 is 20.3 Å². The number of nitrogens with zero attached hydrogens (tertiary/aromatic N) is 2. The molecule has 1 amide bonds. The topological polar surface area (TPSA) is 88.3 Å². The summed E-state index contributed by atoms with van der Waals surface area (Å²) in [7, 11) is 0. The number of carbonyl (C=O) groups is 1. The third-order valence-electron chi connectivity index (χ3n) is 6.00. The second kappa shape index (κ2) is 9.58. The zero-order valence-electron chi connectivity index (χ0n) is 17.9. The second-order valence-corrected chi connectivity index (χ2v) is 8.24. The lowest BCUT2D eigenvalue weighted by atomic mass is 10.0. The first-order valence-electron chi connectivity index (χ1n) is 10.7. The van der Waals surface area contributed by atoms with Crippen LogP contribution in [-0.4, -0.2) is 72.4 Å². The van der Waals surface area contributed by atoms with Crippen molar-refractivity contribution in [3.8, 4) is 11.5 Å². The standard InChI is InChI=1S/C23H26F3N3O4/c24-23(25,26)16-7-5-15(6-8-16)21(22(27)31)29-11-9-28(10-12-29)13-17(30)20-14-32-18-3-1-2-4-19(18)33-20/h1-8,17,20-21,30H,9-14H2,(H2,27,31). The molecule has 0 bridgehead atoms. The molecule has 1 saturated heterocycles. The maximum atomic E-state index is 12.8. The molecule has 7 nitrogen and oxygen atoms in total. The fourth-order valence-corrected chi connectivity index (χ4v) is 4.22. The highest BCUT2D eigenvalue weighted by molar-refractivity contribution is 5.81. The molecule has 0 spiro atoms. The summed E-state index contributed by atoms with van der Waals surface area (Å²) in [5.74, 6) is 0.628. The third-order valence-corrected chi connectivity index (χ3v) is 6.00. The van der Waals surface area contributed by atoms with E-state index in [0.717, 1.165) is 12.1 Å². The number of aliphatic hydroxyl groups excluding tert-OH is 1. The molecule has 2 aromatic carbocycles. The number of nitrogens with two attached hydrogens (primary N) is 1. The van der Waals surface area contributed by atoms with E-state index in [9.17, 15) is 23.1 Å². The molecule has 0 aromatic heterocycles. The van der Waals surface area contributed by atoms with E-state index in [2.05, 4.69) is 4.90 Å².